The standard InChI is InChI=1S/C27H22F2N2O5/c1-16-25(30-27(34)35-14-13-20-3-2-4-22(28)24(20)29)26(31-36-16)21-11-9-19(10-12-21)18-7-5-17(6-8-18)15-23(32)33/h2-12H,13-15H2,1H3,(H,30,34)(H,32,33). The summed E-state index contributed by atoms with van der Waals surface area (Å²) >= 11 is 0. The van der Waals surface area contributed by atoms with E-state index in [2.05, 4.69) is 10.5 Å². The Balaban J connectivity index is 1.41. The summed E-state index contributed by atoms with van der Waals surface area (Å²) in [5.41, 5.74) is 4.09. The van der Waals surface area contributed by atoms with Gasteiger partial charge in [0.25, 0.3) is 0 Å². The van der Waals surface area contributed by atoms with E-state index in [9.17, 15) is 18.4 Å². The summed E-state index contributed by atoms with van der Waals surface area (Å²) in [7, 11) is 0. The molecule has 0 aliphatic heterocycles. The smallest absolute Gasteiger partial charge is 0.411 e. The summed E-state index contributed by atoms with van der Waals surface area (Å²) < 4.78 is 37.4. The molecule has 0 aliphatic carbocycles. The molecule has 1 aromatic heterocycles. The number of aryl methyl sites for hydroxylation is 1. The SMILES string of the molecule is Cc1onc(-c2ccc(-c3ccc(CC(=O)O)cc3)cc2)c1NC(=O)OCCc1cccc(F)c1F. The van der Waals surface area contributed by atoms with Crippen LogP contribution >= 0.6 is 0 Å². The number of benzene rings is 3. The Kier molecular flexibility index (Phi) is 7.39. The van der Waals surface area contributed by atoms with Crippen molar-refractivity contribution in [3.63, 3.8) is 0 Å². The van der Waals surface area contributed by atoms with Gasteiger partial charge in [-0.05, 0) is 35.2 Å². The maximum absolute atomic E-state index is 13.8. The average Bonchev–Trinajstić information content (AvgIpc) is 3.22. The molecule has 9 heteroatoms. The summed E-state index contributed by atoms with van der Waals surface area (Å²) in [6, 6.07) is 18.5. The molecule has 0 radical (unpaired) electrons. The first-order chi connectivity index (χ1) is 17.3. The highest BCUT2D eigenvalue weighted by Gasteiger charge is 2.18. The fourth-order valence-electron chi connectivity index (χ4n) is 3.66. The summed E-state index contributed by atoms with van der Waals surface area (Å²) in [5, 5.41) is 15.5. The average molecular weight is 492 g/mol. The largest absolute Gasteiger partial charge is 0.481 e. The zero-order chi connectivity index (χ0) is 25.7. The molecule has 0 atom stereocenters. The van der Waals surface area contributed by atoms with Crippen molar-refractivity contribution in [3.8, 4) is 22.4 Å². The number of amides is 1. The van der Waals surface area contributed by atoms with Crippen LogP contribution in [0.25, 0.3) is 22.4 Å². The summed E-state index contributed by atoms with van der Waals surface area (Å²) in [6.07, 6.45) is -0.798. The van der Waals surface area contributed by atoms with Gasteiger partial charge in [-0.25, -0.2) is 13.6 Å². The highest BCUT2D eigenvalue weighted by atomic mass is 19.2. The number of nitrogens with one attached hydrogen (secondary N) is 1. The number of rotatable bonds is 8. The van der Waals surface area contributed by atoms with Gasteiger partial charge in [0, 0.05) is 12.0 Å². The quantitative estimate of drug-likeness (QED) is 0.312. The van der Waals surface area contributed by atoms with Crippen LogP contribution in [0.15, 0.2) is 71.3 Å². The van der Waals surface area contributed by atoms with Crippen LogP contribution < -0.4 is 5.32 Å². The molecule has 0 fully saturated rings. The molecular weight excluding hydrogens is 470 g/mol. The number of hydrogen-bond acceptors (Lipinski definition) is 5. The van der Waals surface area contributed by atoms with E-state index in [1.54, 1.807) is 19.1 Å². The van der Waals surface area contributed by atoms with Crippen molar-refractivity contribution in [3.05, 3.63) is 95.3 Å². The van der Waals surface area contributed by atoms with Crippen LogP contribution in [0.2, 0.25) is 0 Å². The maximum Gasteiger partial charge on any atom is 0.411 e. The monoisotopic (exact) mass is 492 g/mol. The molecular formula is C27H22F2N2O5. The first-order valence-electron chi connectivity index (χ1n) is 11.1. The van der Waals surface area contributed by atoms with Crippen LogP contribution in [-0.4, -0.2) is 28.9 Å². The van der Waals surface area contributed by atoms with Crippen molar-refractivity contribution in [1.29, 1.82) is 0 Å². The predicted octanol–water partition coefficient (Wildman–Crippen LogP) is 6.01. The number of halogens is 2. The molecule has 7 nitrogen and oxygen atoms in total. The molecule has 4 rings (SSSR count). The van der Waals surface area contributed by atoms with Crippen molar-refractivity contribution in [2.45, 2.75) is 19.8 Å². The number of nitrogens with zero attached hydrogens (tertiary/aromatic N) is 1. The number of aromatic nitrogens is 1. The Labute approximate surface area is 205 Å². The molecule has 1 amide bonds. The van der Waals surface area contributed by atoms with E-state index in [1.165, 1.54) is 12.1 Å². The van der Waals surface area contributed by atoms with Crippen LogP contribution in [0.1, 0.15) is 16.9 Å². The van der Waals surface area contributed by atoms with E-state index in [-0.39, 0.29) is 25.0 Å². The number of hydrogen-bond donors (Lipinski definition) is 2. The second-order valence-corrected chi connectivity index (χ2v) is 8.03. The lowest BCUT2D eigenvalue weighted by atomic mass is 10.0. The minimum absolute atomic E-state index is 0.0191. The first kappa shape index (κ1) is 24.6. The lowest BCUT2D eigenvalue weighted by Crippen LogP contribution is -2.16. The Morgan fingerprint density at radius 1 is 0.972 bits per heavy atom. The minimum Gasteiger partial charge on any atom is -0.481 e. The molecule has 184 valence electrons. The van der Waals surface area contributed by atoms with Gasteiger partial charge in [-0.3, -0.25) is 10.1 Å². The Morgan fingerprint density at radius 2 is 1.61 bits per heavy atom. The van der Waals surface area contributed by atoms with Crippen LogP contribution in [0, 0.1) is 18.6 Å². The van der Waals surface area contributed by atoms with E-state index in [0.717, 1.165) is 17.2 Å². The predicted molar refractivity (Wildman–Crippen MR) is 128 cm³/mol. The summed E-state index contributed by atoms with van der Waals surface area (Å²) in [6.45, 7) is 1.49. The van der Waals surface area contributed by atoms with E-state index < -0.39 is 23.7 Å². The van der Waals surface area contributed by atoms with Gasteiger partial charge in [0.2, 0.25) is 0 Å². The van der Waals surface area contributed by atoms with Crippen molar-refractivity contribution in [2.24, 2.45) is 0 Å². The normalized spacial score (nSPS) is 10.8. The van der Waals surface area contributed by atoms with Crippen LogP contribution in [0.5, 0.6) is 0 Å². The fourth-order valence-corrected chi connectivity index (χ4v) is 3.66. The van der Waals surface area contributed by atoms with E-state index in [0.29, 0.717) is 28.3 Å². The van der Waals surface area contributed by atoms with Gasteiger partial charge in [-0.1, -0.05) is 65.8 Å². The van der Waals surface area contributed by atoms with E-state index in [1.807, 2.05) is 36.4 Å². The van der Waals surface area contributed by atoms with Gasteiger partial charge >= 0.3 is 12.1 Å². The third-order valence-electron chi connectivity index (χ3n) is 5.53. The van der Waals surface area contributed by atoms with E-state index >= 15 is 0 Å². The zero-order valence-corrected chi connectivity index (χ0v) is 19.3. The number of carboxylic acids is 1. The Bertz CT molecular complexity index is 1380. The molecule has 0 aliphatic rings. The highest BCUT2D eigenvalue weighted by Crippen LogP contribution is 2.32. The molecule has 36 heavy (non-hydrogen) atoms. The molecule has 0 saturated carbocycles. The van der Waals surface area contributed by atoms with Crippen LogP contribution in [0.3, 0.4) is 0 Å². The summed E-state index contributed by atoms with van der Waals surface area (Å²) in [4.78, 5) is 23.2. The van der Waals surface area contributed by atoms with E-state index in [4.69, 9.17) is 14.4 Å². The third kappa shape index (κ3) is 5.75. The molecule has 0 bridgehead atoms. The molecule has 0 saturated heterocycles. The number of ether oxygens (including phenoxy) is 1. The van der Waals surface area contributed by atoms with Crippen molar-refractivity contribution in [1.82, 2.24) is 5.16 Å². The Hall–Kier alpha value is -4.53. The van der Waals surface area contributed by atoms with Crippen molar-refractivity contribution in [2.75, 3.05) is 11.9 Å². The third-order valence-corrected chi connectivity index (χ3v) is 5.53. The van der Waals surface area contributed by atoms with Gasteiger partial charge in [0.1, 0.15) is 11.4 Å². The second-order valence-electron chi connectivity index (χ2n) is 8.03. The van der Waals surface area contributed by atoms with Gasteiger partial charge < -0.3 is 14.4 Å². The molecule has 3 aromatic carbocycles. The van der Waals surface area contributed by atoms with Gasteiger partial charge in [0.15, 0.2) is 17.4 Å². The molecule has 4 aromatic rings. The number of anilines is 1. The number of carbonyl (C=O) groups excluding carboxylic acids is 1. The highest BCUT2D eigenvalue weighted by molar-refractivity contribution is 5.91. The second kappa shape index (κ2) is 10.8. The minimum atomic E-state index is -0.960. The van der Waals surface area contributed by atoms with Gasteiger partial charge in [-0.15, -0.1) is 0 Å². The Morgan fingerprint density at radius 3 is 2.28 bits per heavy atom. The fraction of sp³-hybridized carbons (Fsp3) is 0.148. The number of carbonyl (C=O) groups is 2. The summed E-state index contributed by atoms with van der Waals surface area (Å²) in [5.74, 6) is -2.43. The van der Waals surface area contributed by atoms with Gasteiger partial charge in [0.05, 0.1) is 13.0 Å². The topological polar surface area (TPSA) is 102 Å². The van der Waals surface area contributed by atoms with Gasteiger partial charge in [-0.2, -0.15) is 0 Å². The maximum atomic E-state index is 13.8. The molecule has 0 unspecified atom stereocenters. The van der Waals surface area contributed by atoms with Crippen molar-refractivity contribution < 1.29 is 32.7 Å². The zero-order valence-electron chi connectivity index (χ0n) is 19.3. The number of aliphatic carboxylic acids is 1. The molecule has 1 heterocycles. The molecule has 0 spiro atoms. The lowest BCUT2D eigenvalue weighted by molar-refractivity contribution is -0.136. The van der Waals surface area contributed by atoms with Crippen LogP contribution in [0.4, 0.5) is 19.3 Å². The molecule has 2 N–H and O–H groups in total. The van der Waals surface area contributed by atoms with Crippen LogP contribution in [-0.2, 0) is 22.4 Å². The first-order valence-corrected chi connectivity index (χ1v) is 11.1. The number of carboxylic acid groups (broad SMARTS) is 1. The lowest BCUT2D eigenvalue weighted by Gasteiger charge is -2.09. The van der Waals surface area contributed by atoms with Crippen molar-refractivity contribution >= 4 is 17.7 Å².